The smallest absolute Gasteiger partial charge is 0.222 e. The predicted molar refractivity (Wildman–Crippen MR) is 59.4 cm³/mol. The maximum Gasteiger partial charge on any atom is 0.222 e. The number of likely N-dealkylation sites (N-methyl/N-ethyl adjacent to an activating group) is 1. The van der Waals surface area contributed by atoms with E-state index < -0.39 is 0 Å². The minimum absolute atomic E-state index is 0.189. The third-order valence-corrected chi connectivity index (χ3v) is 3.04. The fourth-order valence-corrected chi connectivity index (χ4v) is 1.88. The van der Waals surface area contributed by atoms with Gasteiger partial charge in [-0.1, -0.05) is 0 Å². The zero-order valence-electron chi connectivity index (χ0n) is 9.74. The highest BCUT2D eigenvalue weighted by molar-refractivity contribution is 5.76. The van der Waals surface area contributed by atoms with Crippen molar-refractivity contribution in [2.24, 2.45) is 11.7 Å². The lowest BCUT2D eigenvalue weighted by atomic mass is 10.1. The summed E-state index contributed by atoms with van der Waals surface area (Å²) in [6.45, 7) is 1.23. The highest BCUT2D eigenvalue weighted by Crippen LogP contribution is 2.34. The SMILES string of the molecule is COCCCC(=O)N(C)C(CN)C1CC1. The molecule has 1 unspecified atom stereocenters. The maximum atomic E-state index is 11.8. The van der Waals surface area contributed by atoms with Crippen LogP contribution in [0.4, 0.5) is 0 Å². The Hall–Kier alpha value is -0.610. The molecule has 1 atom stereocenters. The van der Waals surface area contributed by atoms with Crippen LogP contribution in [-0.4, -0.2) is 44.2 Å². The Morgan fingerprint density at radius 1 is 1.60 bits per heavy atom. The summed E-state index contributed by atoms with van der Waals surface area (Å²) in [6, 6.07) is 0.250. The van der Waals surface area contributed by atoms with Crippen molar-refractivity contribution in [3.63, 3.8) is 0 Å². The first-order valence-electron chi connectivity index (χ1n) is 5.65. The Morgan fingerprint density at radius 2 is 2.27 bits per heavy atom. The van der Waals surface area contributed by atoms with E-state index in [0.717, 1.165) is 6.42 Å². The molecular formula is C11H22N2O2. The molecule has 2 N–H and O–H groups in total. The molecule has 0 aromatic heterocycles. The predicted octanol–water partition coefficient (Wildman–Crippen LogP) is 0.609. The minimum atomic E-state index is 0.189. The Balaban J connectivity index is 2.29. The molecule has 1 rings (SSSR count). The molecule has 0 saturated heterocycles. The van der Waals surface area contributed by atoms with Crippen LogP contribution in [0.2, 0.25) is 0 Å². The van der Waals surface area contributed by atoms with E-state index in [1.807, 2.05) is 11.9 Å². The molecule has 1 fully saturated rings. The normalized spacial score (nSPS) is 17.5. The molecule has 4 nitrogen and oxygen atoms in total. The van der Waals surface area contributed by atoms with Crippen LogP contribution in [0, 0.1) is 5.92 Å². The lowest BCUT2D eigenvalue weighted by Crippen LogP contribution is -2.43. The second-order valence-corrected chi connectivity index (χ2v) is 4.24. The molecule has 15 heavy (non-hydrogen) atoms. The first kappa shape index (κ1) is 12.5. The maximum absolute atomic E-state index is 11.8. The van der Waals surface area contributed by atoms with E-state index in [1.54, 1.807) is 7.11 Å². The van der Waals surface area contributed by atoms with Crippen LogP contribution in [0.15, 0.2) is 0 Å². The lowest BCUT2D eigenvalue weighted by Gasteiger charge is -2.27. The van der Waals surface area contributed by atoms with Gasteiger partial charge in [0.05, 0.1) is 0 Å². The van der Waals surface area contributed by atoms with Gasteiger partial charge in [0.2, 0.25) is 5.91 Å². The number of nitrogens with zero attached hydrogens (tertiary/aromatic N) is 1. The monoisotopic (exact) mass is 214 g/mol. The van der Waals surface area contributed by atoms with Gasteiger partial charge >= 0.3 is 0 Å². The van der Waals surface area contributed by atoms with Crippen molar-refractivity contribution in [3.8, 4) is 0 Å². The molecule has 1 saturated carbocycles. The number of hydrogen-bond acceptors (Lipinski definition) is 3. The van der Waals surface area contributed by atoms with Gasteiger partial charge in [-0.3, -0.25) is 4.79 Å². The van der Waals surface area contributed by atoms with Gasteiger partial charge in [0.15, 0.2) is 0 Å². The van der Waals surface area contributed by atoms with E-state index in [1.165, 1.54) is 12.8 Å². The van der Waals surface area contributed by atoms with Gasteiger partial charge in [0, 0.05) is 39.8 Å². The first-order chi connectivity index (χ1) is 7.20. The summed E-state index contributed by atoms with van der Waals surface area (Å²) in [5.74, 6) is 0.834. The summed E-state index contributed by atoms with van der Waals surface area (Å²) in [5.41, 5.74) is 5.69. The molecule has 0 bridgehead atoms. The van der Waals surface area contributed by atoms with Crippen LogP contribution in [0.3, 0.4) is 0 Å². The molecule has 1 aliphatic carbocycles. The third kappa shape index (κ3) is 3.80. The fraction of sp³-hybridized carbons (Fsp3) is 0.909. The second-order valence-electron chi connectivity index (χ2n) is 4.24. The van der Waals surface area contributed by atoms with Gasteiger partial charge < -0.3 is 15.4 Å². The van der Waals surface area contributed by atoms with Crippen LogP contribution >= 0.6 is 0 Å². The molecule has 1 aliphatic rings. The number of amides is 1. The highest BCUT2D eigenvalue weighted by Gasteiger charge is 2.34. The van der Waals surface area contributed by atoms with Gasteiger partial charge in [-0.05, 0) is 25.2 Å². The standard InChI is InChI=1S/C11H22N2O2/c1-13(10(8-12)9-5-6-9)11(14)4-3-7-15-2/h9-10H,3-8,12H2,1-2H3. The van der Waals surface area contributed by atoms with E-state index in [4.69, 9.17) is 10.5 Å². The Labute approximate surface area is 91.8 Å². The Bertz CT molecular complexity index is 205. The Kier molecular flexibility index (Phi) is 5.05. The topological polar surface area (TPSA) is 55.6 Å². The van der Waals surface area contributed by atoms with Gasteiger partial charge in [-0.15, -0.1) is 0 Å². The van der Waals surface area contributed by atoms with E-state index in [-0.39, 0.29) is 11.9 Å². The average Bonchev–Trinajstić information content (AvgIpc) is 3.03. The molecule has 0 aromatic carbocycles. The third-order valence-electron chi connectivity index (χ3n) is 3.04. The number of hydrogen-bond donors (Lipinski definition) is 1. The summed E-state index contributed by atoms with van der Waals surface area (Å²) in [5, 5.41) is 0. The van der Waals surface area contributed by atoms with E-state index in [2.05, 4.69) is 0 Å². The fourth-order valence-electron chi connectivity index (χ4n) is 1.88. The zero-order valence-corrected chi connectivity index (χ0v) is 9.74. The molecule has 88 valence electrons. The first-order valence-corrected chi connectivity index (χ1v) is 5.65. The van der Waals surface area contributed by atoms with Gasteiger partial charge in [0.25, 0.3) is 0 Å². The Morgan fingerprint density at radius 3 is 2.73 bits per heavy atom. The van der Waals surface area contributed by atoms with Crippen molar-refractivity contribution in [1.82, 2.24) is 4.90 Å². The van der Waals surface area contributed by atoms with E-state index in [0.29, 0.717) is 25.5 Å². The summed E-state index contributed by atoms with van der Waals surface area (Å²) < 4.78 is 4.92. The molecule has 0 aromatic rings. The van der Waals surface area contributed by atoms with Gasteiger partial charge in [0.1, 0.15) is 0 Å². The summed E-state index contributed by atoms with van der Waals surface area (Å²) in [4.78, 5) is 13.6. The molecule has 0 heterocycles. The number of ether oxygens (including phenoxy) is 1. The highest BCUT2D eigenvalue weighted by atomic mass is 16.5. The number of rotatable bonds is 7. The number of nitrogens with two attached hydrogens (primary N) is 1. The molecule has 0 spiro atoms. The molecule has 1 amide bonds. The molecule has 0 aliphatic heterocycles. The van der Waals surface area contributed by atoms with Crippen molar-refractivity contribution >= 4 is 5.91 Å². The van der Waals surface area contributed by atoms with Crippen molar-refractivity contribution < 1.29 is 9.53 Å². The van der Waals surface area contributed by atoms with Crippen LogP contribution in [0.1, 0.15) is 25.7 Å². The molecule has 0 radical (unpaired) electrons. The zero-order chi connectivity index (χ0) is 11.3. The number of methoxy groups -OCH3 is 1. The molecule has 4 heteroatoms. The summed E-state index contributed by atoms with van der Waals surface area (Å²) >= 11 is 0. The lowest BCUT2D eigenvalue weighted by molar-refractivity contribution is -0.132. The molecular weight excluding hydrogens is 192 g/mol. The van der Waals surface area contributed by atoms with Crippen LogP contribution in [0.25, 0.3) is 0 Å². The summed E-state index contributed by atoms with van der Waals surface area (Å²) in [7, 11) is 3.52. The van der Waals surface area contributed by atoms with Crippen molar-refractivity contribution in [2.45, 2.75) is 31.7 Å². The van der Waals surface area contributed by atoms with Crippen LogP contribution < -0.4 is 5.73 Å². The van der Waals surface area contributed by atoms with Crippen molar-refractivity contribution in [2.75, 3.05) is 27.3 Å². The number of carbonyl (C=O) groups excluding carboxylic acids is 1. The number of carbonyl (C=O) groups is 1. The van der Waals surface area contributed by atoms with E-state index >= 15 is 0 Å². The minimum Gasteiger partial charge on any atom is -0.385 e. The average molecular weight is 214 g/mol. The van der Waals surface area contributed by atoms with Crippen LogP contribution in [-0.2, 0) is 9.53 Å². The van der Waals surface area contributed by atoms with Crippen LogP contribution in [0.5, 0.6) is 0 Å². The quantitative estimate of drug-likeness (QED) is 0.632. The second kappa shape index (κ2) is 6.08. The van der Waals surface area contributed by atoms with Gasteiger partial charge in [-0.2, -0.15) is 0 Å². The largest absolute Gasteiger partial charge is 0.385 e. The van der Waals surface area contributed by atoms with Crippen molar-refractivity contribution in [3.05, 3.63) is 0 Å². The van der Waals surface area contributed by atoms with Gasteiger partial charge in [-0.25, -0.2) is 0 Å². The van der Waals surface area contributed by atoms with Crippen molar-refractivity contribution in [1.29, 1.82) is 0 Å². The summed E-state index contributed by atoms with van der Waals surface area (Å²) in [6.07, 6.45) is 3.80. The van der Waals surface area contributed by atoms with E-state index in [9.17, 15) is 4.79 Å².